The van der Waals surface area contributed by atoms with E-state index >= 15 is 0 Å². The average molecular weight is 605 g/mol. The van der Waals surface area contributed by atoms with Gasteiger partial charge in [-0.15, -0.1) is 0 Å². The highest BCUT2D eigenvalue weighted by molar-refractivity contribution is 6.29. The number of piperazine rings is 1. The summed E-state index contributed by atoms with van der Waals surface area (Å²) in [5, 5.41) is 6.21. The molecule has 1 aliphatic heterocycles. The Morgan fingerprint density at radius 3 is 2.63 bits per heavy atom. The van der Waals surface area contributed by atoms with Gasteiger partial charge in [0.05, 0.1) is 20.3 Å². The molecule has 1 unspecified atom stereocenters. The predicted octanol–water partition coefficient (Wildman–Crippen LogP) is 3.80. The Bertz CT molecular complexity index is 1540. The topological polar surface area (TPSA) is 127 Å². The van der Waals surface area contributed by atoms with E-state index in [9.17, 15) is 9.59 Å². The molecule has 3 amide bonds. The minimum absolute atomic E-state index is 0.131. The summed E-state index contributed by atoms with van der Waals surface area (Å²) in [4.78, 5) is 43.2. The molecule has 0 radical (unpaired) electrons. The normalized spacial score (nSPS) is 14.7. The van der Waals surface area contributed by atoms with Crippen LogP contribution in [0.4, 0.5) is 16.3 Å². The number of ether oxygens (including phenoxy) is 2. The van der Waals surface area contributed by atoms with E-state index in [4.69, 9.17) is 26.1 Å². The van der Waals surface area contributed by atoms with Gasteiger partial charge in [-0.1, -0.05) is 29.8 Å². The van der Waals surface area contributed by atoms with Crippen molar-refractivity contribution in [3.63, 3.8) is 0 Å². The van der Waals surface area contributed by atoms with Gasteiger partial charge in [0.2, 0.25) is 11.9 Å². The number of para-hydroxylation sites is 1. The van der Waals surface area contributed by atoms with Gasteiger partial charge in [0.1, 0.15) is 28.8 Å². The van der Waals surface area contributed by atoms with Crippen molar-refractivity contribution in [1.29, 1.82) is 0 Å². The summed E-state index contributed by atoms with van der Waals surface area (Å²) in [5.41, 5.74) is 1.62. The lowest BCUT2D eigenvalue weighted by Gasteiger charge is -2.42. The third-order valence-electron chi connectivity index (χ3n) is 7.12. The predicted molar refractivity (Wildman–Crippen MR) is 163 cm³/mol. The number of rotatable bonds is 10. The van der Waals surface area contributed by atoms with Gasteiger partial charge in [-0.05, 0) is 42.3 Å². The molecule has 0 spiro atoms. The van der Waals surface area contributed by atoms with Gasteiger partial charge in [-0.25, -0.2) is 14.8 Å². The molecule has 2 aromatic heterocycles. The minimum Gasteiger partial charge on any atom is -0.497 e. The van der Waals surface area contributed by atoms with Crippen LogP contribution in [0.15, 0.2) is 73.3 Å². The molecule has 1 fully saturated rings. The van der Waals surface area contributed by atoms with Crippen LogP contribution in [-0.4, -0.2) is 82.8 Å². The maximum Gasteiger partial charge on any atom is 0.321 e. The summed E-state index contributed by atoms with van der Waals surface area (Å²) in [5.74, 6) is 2.21. The van der Waals surface area contributed by atoms with E-state index in [-0.39, 0.29) is 29.6 Å². The largest absolute Gasteiger partial charge is 0.497 e. The molecule has 5 rings (SSSR count). The van der Waals surface area contributed by atoms with Crippen LogP contribution in [0.25, 0.3) is 5.95 Å². The van der Waals surface area contributed by atoms with Crippen molar-refractivity contribution in [3.05, 3.63) is 84.0 Å². The fourth-order valence-electron chi connectivity index (χ4n) is 4.97. The van der Waals surface area contributed by atoms with Gasteiger partial charge in [0, 0.05) is 56.7 Å². The fourth-order valence-corrected chi connectivity index (χ4v) is 5.15. The Morgan fingerprint density at radius 1 is 1.05 bits per heavy atom. The van der Waals surface area contributed by atoms with Gasteiger partial charge in [-0.3, -0.25) is 9.36 Å². The number of amides is 3. The highest BCUT2D eigenvalue weighted by atomic mass is 35.5. The SMILES string of the molecule is COc1ccc(OC)c(CCNC(=O)CC2CN(C(=O)Nc3ccccc3)CCN2c2cc(Cl)nc(-n3ccnc3)n2)c1. The molecule has 43 heavy (non-hydrogen) atoms. The number of nitrogens with zero attached hydrogens (tertiary/aromatic N) is 6. The number of hydrogen-bond donors (Lipinski definition) is 2. The van der Waals surface area contributed by atoms with Gasteiger partial charge < -0.3 is 29.9 Å². The smallest absolute Gasteiger partial charge is 0.321 e. The summed E-state index contributed by atoms with van der Waals surface area (Å²) in [6.45, 7) is 1.57. The summed E-state index contributed by atoms with van der Waals surface area (Å²) in [6.07, 6.45) is 5.63. The van der Waals surface area contributed by atoms with Gasteiger partial charge in [-0.2, -0.15) is 4.98 Å². The number of methoxy groups -OCH3 is 2. The quantitative estimate of drug-likeness (QED) is 0.262. The van der Waals surface area contributed by atoms with Crippen LogP contribution in [0.1, 0.15) is 12.0 Å². The molecule has 224 valence electrons. The third-order valence-corrected chi connectivity index (χ3v) is 7.31. The number of hydrogen-bond acceptors (Lipinski definition) is 8. The Balaban J connectivity index is 1.31. The first-order valence-corrected chi connectivity index (χ1v) is 14.2. The molecule has 0 saturated carbocycles. The Kier molecular flexibility index (Phi) is 9.57. The lowest BCUT2D eigenvalue weighted by Crippen LogP contribution is -2.57. The standard InChI is InChI=1S/C30H33ClN8O4/c1-42-24-8-9-25(43-2)21(16-24)10-11-33-28(40)17-23-19-37(30(41)34-22-6-4-3-5-7-22)14-15-39(23)27-18-26(31)35-29(36-27)38-13-12-32-20-38/h3-9,12-13,16,18,20,23H,10-11,14-15,17,19H2,1-2H3,(H,33,40)(H,34,41). The van der Waals surface area contributed by atoms with Crippen LogP contribution in [-0.2, 0) is 11.2 Å². The van der Waals surface area contributed by atoms with Crippen molar-refractivity contribution in [3.8, 4) is 17.4 Å². The lowest BCUT2D eigenvalue weighted by atomic mass is 10.1. The van der Waals surface area contributed by atoms with Crippen molar-refractivity contribution < 1.29 is 19.1 Å². The summed E-state index contributed by atoms with van der Waals surface area (Å²) >= 11 is 6.40. The van der Waals surface area contributed by atoms with E-state index < -0.39 is 0 Å². The Morgan fingerprint density at radius 2 is 1.88 bits per heavy atom. The van der Waals surface area contributed by atoms with Gasteiger partial charge in [0.15, 0.2) is 0 Å². The summed E-state index contributed by atoms with van der Waals surface area (Å²) in [7, 11) is 3.22. The van der Waals surface area contributed by atoms with Crippen LogP contribution >= 0.6 is 11.6 Å². The number of anilines is 2. The number of aromatic nitrogens is 4. The zero-order valence-electron chi connectivity index (χ0n) is 23.9. The number of halogens is 1. The molecule has 13 heteroatoms. The second-order valence-corrected chi connectivity index (χ2v) is 10.3. The number of urea groups is 1. The molecular formula is C30H33ClN8O4. The number of benzene rings is 2. The first-order chi connectivity index (χ1) is 20.9. The van der Waals surface area contributed by atoms with Crippen molar-refractivity contribution >= 4 is 35.0 Å². The third kappa shape index (κ3) is 7.52. The second kappa shape index (κ2) is 13.9. The van der Waals surface area contributed by atoms with Crippen LogP contribution < -0.4 is 25.0 Å². The van der Waals surface area contributed by atoms with E-state index in [0.717, 1.165) is 11.3 Å². The molecule has 1 saturated heterocycles. The van der Waals surface area contributed by atoms with Gasteiger partial charge in [0.25, 0.3) is 0 Å². The molecule has 4 aromatic rings. The molecule has 1 atom stereocenters. The highest BCUT2D eigenvalue weighted by Crippen LogP contribution is 2.26. The number of nitrogens with one attached hydrogen (secondary N) is 2. The number of carbonyl (C=O) groups is 2. The zero-order valence-corrected chi connectivity index (χ0v) is 24.7. The Labute approximate surface area is 254 Å². The van der Waals surface area contributed by atoms with Crippen LogP contribution in [0.3, 0.4) is 0 Å². The van der Waals surface area contributed by atoms with Crippen molar-refractivity contribution in [1.82, 2.24) is 29.7 Å². The van der Waals surface area contributed by atoms with E-state index in [1.807, 2.05) is 53.4 Å². The van der Waals surface area contributed by atoms with Crippen LogP contribution in [0.2, 0.25) is 5.15 Å². The first-order valence-electron chi connectivity index (χ1n) is 13.8. The van der Waals surface area contributed by atoms with E-state index in [1.54, 1.807) is 48.5 Å². The minimum atomic E-state index is -0.372. The molecule has 12 nitrogen and oxygen atoms in total. The van der Waals surface area contributed by atoms with Crippen LogP contribution in [0.5, 0.6) is 11.5 Å². The van der Waals surface area contributed by atoms with Crippen molar-refractivity contribution in [2.45, 2.75) is 18.9 Å². The molecule has 1 aliphatic rings. The Hall–Kier alpha value is -4.84. The van der Waals surface area contributed by atoms with Gasteiger partial charge >= 0.3 is 6.03 Å². The maximum absolute atomic E-state index is 13.3. The first kappa shape index (κ1) is 29.6. The lowest BCUT2D eigenvalue weighted by molar-refractivity contribution is -0.121. The van der Waals surface area contributed by atoms with Crippen molar-refractivity contribution in [2.75, 3.05) is 50.6 Å². The molecule has 2 aromatic carbocycles. The summed E-state index contributed by atoms with van der Waals surface area (Å²) in [6, 6.07) is 15.9. The average Bonchev–Trinajstić information content (AvgIpc) is 3.56. The van der Waals surface area contributed by atoms with E-state index in [2.05, 4.69) is 20.6 Å². The second-order valence-electron chi connectivity index (χ2n) is 9.89. The summed E-state index contributed by atoms with van der Waals surface area (Å²) < 4.78 is 12.5. The van der Waals surface area contributed by atoms with Crippen LogP contribution in [0, 0.1) is 0 Å². The number of carbonyl (C=O) groups excluding carboxylic acids is 2. The monoisotopic (exact) mass is 604 g/mol. The molecule has 0 aliphatic carbocycles. The van der Waals surface area contributed by atoms with E-state index in [0.29, 0.717) is 55.8 Å². The zero-order chi connectivity index (χ0) is 30.2. The molecule has 2 N–H and O–H groups in total. The molecule has 0 bridgehead atoms. The van der Waals surface area contributed by atoms with Crippen molar-refractivity contribution in [2.24, 2.45) is 0 Å². The maximum atomic E-state index is 13.3. The molecule has 3 heterocycles. The number of imidazole rings is 1. The van der Waals surface area contributed by atoms with E-state index in [1.165, 1.54) is 0 Å². The fraction of sp³-hybridized carbons (Fsp3) is 0.300. The molecular weight excluding hydrogens is 572 g/mol. The highest BCUT2D eigenvalue weighted by Gasteiger charge is 2.32.